The summed E-state index contributed by atoms with van der Waals surface area (Å²) in [4.78, 5) is 25.9. The van der Waals surface area contributed by atoms with Gasteiger partial charge in [0.05, 0.1) is 24.1 Å². The predicted molar refractivity (Wildman–Crippen MR) is 66.7 cm³/mol. The van der Waals surface area contributed by atoms with Crippen molar-refractivity contribution < 1.29 is 9.59 Å². The summed E-state index contributed by atoms with van der Waals surface area (Å²) in [7, 11) is 7.81. The number of rotatable bonds is 0. The third-order valence-electron chi connectivity index (χ3n) is 3.69. The van der Waals surface area contributed by atoms with Crippen molar-refractivity contribution in [1.82, 2.24) is 4.90 Å². The van der Waals surface area contributed by atoms with Crippen LogP contribution in [0.25, 0.3) is 0 Å². The van der Waals surface area contributed by atoms with Gasteiger partial charge in [0.1, 0.15) is 6.07 Å². The van der Waals surface area contributed by atoms with E-state index in [1.165, 1.54) is 11.0 Å². The Morgan fingerprint density at radius 2 is 2.06 bits per heavy atom. The number of hydrogen-bond acceptors (Lipinski definition) is 3. The summed E-state index contributed by atoms with van der Waals surface area (Å²) in [5.41, 5.74) is -0.365. The van der Waals surface area contributed by atoms with Gasteiger partial charge in [-0.1, -0.05) is 12.2 Å². The smallest absolute Gasteiger partial charge is 0.227 e. The highest BCUT2D eigenvalue weighted by Crippen LogP contribution is 2.52. The minimum absolute atomic E-state index is 0.0386. The van der Waals surface area contributed by atoms with Gasteiger partial charge in [-0.25, -0.2) is 0 Å². The first-order valence-corrected chi connectivity index (χ1v) is 5.68. The van der Waals surface area contributed by atoms with E-state index in [2.05, 4.69) is 0 Å². The standard InChI is InChI=1S/C13H13BN2O2/c1-12(2)9-4-5-16(3)11(18)13(9,14)6-8(7-15)10(12)17/h4,6H,5H2,1-3H3/t13-/m0/s1. The van der Waals surface area contributed by atoms with Gasteiger partial charge in [0, 0.05) is 13.6 Å². The number of amides is 1. The van der Waals surface area contributed by atoms with Crippen molar-refractivity contribution in [3.8, 4) is 6.07 Å². The Bertz CT molecular complexity index is 554. The average molecular weight is 240 g/mol. The minimum atomic E-state index is -1.37. The summed E-state index contributed by atoms with van der Waals surface area (Å²) in [6.45, 7) is 3.83. The predicted octanol–water partition coefficient (Wildman–Crippen LogP) is 0.771. The van der Waals surface area contributed by atoms with Crippen molar-refractivity contribution in [3.05, 3.63) is 23.3 Å². The molecular weight excluding hydrogens is 227 g/mol. The third kappa shape index (κ3) is 1.38. The Morgan fingerprint density at radius 3 is 2.61 bits per heavy atom. The molecule has 0 aromatic heterocycles. The number of Topliss-reactive ketones (excluding diaryl/α,β-unsaturated/α-hetero) is 1. The first-order chi connectivity index (χ1) is 8.25. The molecular formula is C13H13BN2O2. The van der Waals surface area contributed by atoms with Gasteiger partial charge in [0.2, 0.25) is 5.91 Å². The SMILES string of the molecule is [B][C@@]12C=C(C#N)C(=O)C(C)(C)C1=CCN(C)C2=O. The molecule has 1 amide bonds. The first kappa shape index (κ1) is 12.6. The highest BCUT2D eigenvalue weighted by atomic mass is 16.2. The van der Waals surface area contributed by atoms with Crippen molar-refractivity contribution in [3.63, 3.8) is 0 Å². The third-order valence-corrected chi connectivity index (χ3v) is 3.69. The molecule has 0 spiro atoms. The fourth-order valence-electron chi connectivity index (χ4n) is 2.66. The quantitative estimate of drug-likeness (QED) is 0.464. The highest BCUT2D eigenvalue weighted by Gasteiger charge is 2.52. The molecule has 0 bridgehead atoms. The zero-order valence-corrected chi connectivity index (χ0v) is 10.7. The van der Waals surface area contributed by atoms with E-state index in [9.17, 15) is 9.59 Å². The van der Waals surface area contributed by atoms with Crippen LogP contribution in [-0.4, -0.2) is 38.0 Å². The van der Waals surface area contributed by atoms with Gasteiger partial charge in [0.25, 0.3) is 0 Å². The first-order valence-electron chi connectivity index (χ1n) is 5.68. The van der Waals surface area contributed by atoms with Crippen molar-refractivity contribution >= 4 is 19.5 Å². The van der Waals surface area contributed by atoms with Crippen LogP contribution >= 0.6 is 0 Å². The van der Waals surface area contributed by atoms with E-state index in [0.29, 0.717) is 12.1 Å². The van der Waals surface area contributed by atoms with Crippen LogP contribution in [0.5, 0.6) is 0 Å². The van der Waals surface area contributed by atoms with Gasteiger partial charge in [-0.3, -0.25) is 9.59 Å². The second-order valence-electron chi connectivity index (χ2n) is 5.30. The van der Waals surface area contributed by atoms with Crippen LogP contribution in [-0.2, 0) is 9.59 Å². The molecule has 0 N–H and O–H groups in total. The lowest BCUT2D eigenvalue weighted by Crippen LogP contribution is -2.49. The fourth-order valence-corrected chi connectivity index (χ4v) is 2.66. The summed E-state index contributed by atoms with van der Waals surface area (Å²) in [6.07, 6.45) is 3.11. The molecule has 1 aliphatic heterocycles. The van der Waals surface area contributed by atoms with Crippen molar-refractivity contribution in [2.75, 3.05) is 13.6 Å². The lowest BCUT2D eigenvalue weighted by atomic mass is 9.50. The molecule has 1 aliphatic carbocycles. The molecule has 2 radical (unpaired) electrons. The molecule has 0 saturated heterocycles. The normalized spacial score (nSPS) is 30.2. The van der Waals surface area contributed by atoms with Gasteiger partial charge in [-0.15, -0.1) is 0 Å². The Morgan fingerprint density at radius 1 is 1.44 bits per heavy atom. The molecule has 18 heavy (non-hydrogen) atoms. The zero-order chi connectivity index (χ0) is 13.7. The van der Waals surface area contributed by atoms with E-state index < -0.39 is 10.7 Å². The minimum Gasteiger partial charge on any atom is -0.342 e. The summed E-state index contributed by atoms with van der Waals surface area (Å²) in [6, 6.07) is 1.84. The van der Waals surface area contributed by atoms with E-state index in [4.69, 9.17) is 13.1 Å². The second-order valence-corrected chi connectivity index (χ2v) is 5.30. The number of hydrogen-bond donors (Lipinski definition) is 0. The number of nitriles is 1. The molecule has 0 fully saturated rings. The molecule has 0 aromatic carbocycles. The fraction of sp³-hybridized carbons (Fsp3) is 0.462. The average Bonchev–Trinajstić information content (AvgIpc) is 2.31. The second kappa shape index (κ2) is 3.58. The van der Waals surface area contributed by atoms with Crippen LogP contribution in [0, 0.1) is 16.7 Å². The van der Waals surface area contributed by atoms with E-state index in [1.54, 1.807) is 20.9 Å². The number of carbonyl (C=O) groups is 2. The molecule has 0 aromatic rings. The van der Waals surface area contributed by atoms with Crippen LogP contribution in [0.15, 0.2) is 23.3 Å². The number of fused-ring (bicyclic) bond motifs is 1. The molecule has 2 aliphatic rings. The summed E-state index contributed by atoms with van der Waals surface area (Å²) in [5, 5.41) is 7.65. The number of carbonyl (C=O) groups excluding carboxylic acids is 2. The Balaban J connectivity index is 2.73. The highest BCUT2D eigenvalue weighted by molar-refractivity contribution is 6.35. The van der Waals surface area contributed by atoms with Gasteiger partial charge in [-0.2, -0.15) is 5.26 Å². The van der Waals surface area contributed by atoms with Crippen molar-refractivity contribution in [2.45, 2.75) is 19.2 Å². The maximum atomic E-state index is 12.2. The maximum absolute atomic E-state index is 12.2. The van der Waals surface area contributed by atoms with E-state index in [1.807, 2.05) is 12.1 Å². The number of allylic oxidation sites excluding steroid dienone is 1. The lowest BCUT2D eigenvalue weighted by molar-refractivity contribution is -0.132. The molecule has 0 saturated carbocycles. The number of nitrogens with zero attached hydrogens (tertiary/aromatic N) is 2. The van der Waals surface area contributed by atoms with Crippen molar-refractivity contribution in [1.29, 1.82) is 5.26 Å². The molecule has 1 atom stereocenters. The Kier molecular flexibility index (Phi) is 2.51. The van der Waals surface area contributed by atoms with E-state index in [-0.39, 0.29) is 17.3 Å². The van der Waals surface area contributed by atoms with E-state index in [0.717, 1.165) is 0 Å². The number of ketones is 1. The summed E-state index contributed by atoms with van der Waals surface area (Å²) in [5.74, 6) is -0.567. The van der Waals surface area contributed by atoms with Gasteiger partial charge < -0.3 is 4.90 Å². The van der Waals surface area contributed by atoms with Gasteiger partial charge in [-0.05, 0) is 19.4 Å². The van der Waals surface area contributed by atoms with Crippen LogP contribution < -0.4 is 0 Å². The van der Waals surface area contributed by atoms with E-state index >= 15 is 0 Å². The molecule has 5 heteroatoms. The Hall–Kier alpha value is -1.83. The largest absolute Gasteiger partial charge is 0.342 e. The molecule has 1 heterocycles. The lowest BCUT2D eigenvalue weighted by Gasteiger charge is -2.46. The molecule has 4 nitrogen and oxygen atoms in total. The maximum Gasteiger partial charge on any atom is 0.227 e. The van der Waals surface area contributed by atoms with Gasteiger partial charge >= 0.3 is 0 Å². The van der Waals surface area contributed by atoms with Crippen LogP contribution in [0.4, 0.5) is 0 Å². The van der Waals surface area contributed by atoms with Gasteiger partial charge in [0.15, 0.2) is 5.78 Å². The molecule has 0 unspecified atom stereocenters. The summed E-state index contributed by atoms with van der Waals surface area (Å²) < 4.78 is 0. The van der Waals surface area contributed by atoms with Crippen molar-refractivity contribution in [2.24, 2.45) is 5.41 Å². The summed E-state index contributed by atoms with van der Waals surface area (Å²) >= 11 is 0. The number of likely N-dealkylation sites (N-methyl/N-ethyl adjacent to an activating group) is 1. The Labute approximate surface area is 107 Å². The monoisotopic (exact) mass is 240 g/mol. The molecule has 2 rings (SSSR count). The van der Waals surface area contributed by atoms with Crippen LogP contribution in [0.3, 0.4) is 0 Å². The van der Waals surface area contributed by atoms with Crippen LogP contribution in [0.2, 0.25) is 5.31 Å². The molecule has 90 valence electrons. The van der Waals surface area contributed by atoms with Crippen LogP contribution in [0.1, 0.15) is 13.8 Å². The zero-order valence-electron chi connectivity index (χ0n) is 10.7. The topological polar surface area (TPSA) is 61.2 Å².